The quantitative estimate of drug-likeness (QED) is 0.114. The molecule has 0 spiro atoms. The smallest absolute Gasteiger partial charge is 0.155 e. The topological polar surface area (TPSA) is 63.3 Å². The molecule has 0 fully saturated rings. The number of thiophene rings is 1. The summed E-state index contributed by atoms with van der Waals surface area (Å²) in [6.45, 7) is 7.14. The van der Waals surface area contributed by atoms with Gasteiger partial charge in [0, 0.05) is 42.6 Å². The molecule has 0 amide bonds. The van der Waals surface area contributed by atoms with E-state index in [4.69, 9.17) is 14.5 Å². The summed E-state index contributed by atoms with van der Waals surface area (Å²) < 4.78 is 7.37. The second kappa shape index (κ2) is 11.4. The van der Waals surface area contributed by atoms with Crippen LogP contribution in [0, 0.1) is 19.9 Å². The first-order valence-corrected chi connectivity index (χ1v) is 12.8. The van der Waals surface area contributed by atoms with Gasteiger partial charge >= 0.3 is 0 Å². The number of benzene rings is 3. The molecular formula is C32H26IrNO3S-. The summed E-state index contributed by atoms with van der Waals surface area (Å²) >= 11 is 1.78. The van der Waals surface area contributed by atoms with Gasteiger partial charge in [0.1, 0.15) is 5.58 Å². The van der Waals surface area contributed by atoms with Gasteiger partial charge in [-0.2, -0.15) is 0 Å². The third-order valence-electron chi connectivity index (χ3n) is 5.92. The molecule has 193 valence electrons. The maximum absolute atomic E-state index is 10.0. The molecule has 0 aliphatic carbocycles. The zero-order chi connectivity index (χ0) is 26.1. The summed E-state index contributed by atoms with van der Waals surface area (Å²) in [6.07, 6.45) is 3.14. The fraction of sp³-hybridized carbons (Fsp3) is 0.125. The van der Waals surface area contributed by atoms with Crippen molar-refractivity contribution in [2.45, 2.75) is 27.7 Å². The predicted molar refractivity (Wildman–Crippen MR) is 153 cm³/mol. The van der Waals surface area contributed by atoms with Crippen LogP contribution in [0.1, 0.15) is 25.0 Å². The van der Waals surface area contributed by atoms with Crippen molar-refractivity contribution in [3.8, 4) is 21.7 Å². The maximum atomic E-state index is 10.0. The normalized spacial score (nSPS) is 11.3. The second-order valence-electron chi connectivity index (χ2n) is 9.18. The van der Waals surface area contributed by atoms with Crippen molar-refractivity contribution in [2.75, 3.05) is 0 Å². The number of rotatable bonds is 3. The van der Waals surface area contributed by atoms with E-state index in [1.807, 2.05) is 30.5 Å². The average molecular weight is 697 g/mol. The molecule has 0 saturated heterocycles. The van der Waals surface area contributed by atoms with E-state index in [0.29, 0.717) is 0 Å². The third-order valence-corrected chi connectivity index (χ3v) is 7.05. The largest absolute Gasteiger partial charge is 0.512 e. The van der Waals surface area contributed by atoms with Crippen LogP contribution in [-0.4, -0.2) is 15.9 Å². The number of nitrogens with zero attached hydrogens (tertiary/aromatic N) is 1. The van der Waals surface area contributed by atoms with E-state index in [1.165, 1.54) is 51.6 Å². The Morgan fingerprint density at radius 2 is 1.74 bits per heavy atom. The summed E-state index contributed by atoms with van der Waals surface area (Å²) in [6, 6.07) is 26.6. The SMILES string of the molecule is CC(=O)/C=C(/C)O.Cc1cc(C)cc(-c2cc3cc(-c4[c-]ccc5c4oc4ccccc45)ncc3s2)c1.[Ir]. The number of para-hydroxylation sites is 1. The second-order valence-corrected chi connectivity index (χ2v) is 10.3. The molecule has 0 aliphatic rings. The minimum absolute atomic E-state index is 0. The van der Waals surface area contributed by atoms with E-state index in [-0.39, 0.29) is 31.6 Å². The van der Waals surface area contributed by atoms with Crippen LogP contribution in [-0.2, 0) is 24.9 Å². The van der Waals surface area contributed by atoms with Gasteiger partial charge in [-0.05, 0) is 56.5 Å². The average Bonchev–Trinajstić information content (AvgIpc) is 3.44. The van der Waals surface area contributed by atoms with Crippen molar-refractivity contribution in [1.82, 2.24) is 4.98 Å². The first-order valence-electron chi connectivity index (χ1n) is 12.0. The standard InChI is InChI=1S/C27H18NOS.C5H8O2.Ir/c1-16-10-17(2)12-18(11-16)25-14-19-13-23(28-15-26(19)30-25)22-8-5-7-21-20-6-3-4-9-24(20)29-27(21)22;1-4(6)3-5(2)7;/h3-7,9-15H,1-2H3;3,6H,1-2H3;/q-1;;/b;4-3-;. The summed E-state index contributed by atoms with van der Waals surface area (Å²) in [4.78, 5) is 16.0. The number of carbonyl (C=O) groups excluding carboxylic acids is 1. The predicted octanol–water partition coefficient (Wildman–Crippen LogP) is 8.98. The summed E-state index contributed by atoms with van der Waals surface area (Å²) in [5.74, 6) is -0.0625. The fourth-order valence-electron chi connectivity index (χ4n) is 4.52. The van der Waals surface area contributed by atoms with Crippen molar-refractivity contribution < 1.29 is 34.4 Å². The molecule has 1 N–H and O–H groups in total. The number of aliphatic hydroxyl groups excluding tert-OH is 1. The molecular weight excluding hydrogens is 671 g/mol. The Morgan fingerprint density at radius 3 is 2.42 bits per heavy atom. The Bertz CT molecular complexity index is 1790. The number of ketones is 1. The van der Waals surface area contributed by atoms with E-state index in [9.17, 15) is 4.79 Å². The van der Waals surface area contributed by atoms with Crippen LogP contribution >= 0.6 is 11.3 Å². The fourth-order valence-corrected chi connectivity index (χ4v) is 5.52. The van der Waals surface area contributed by atoms with Crippen LogP contribution in [0.3, 0.4) is 0 Å². The van der Waals surface area contributed by atoms with E-state index >= 15 is 0 Å². The molecule has 3 aromatic carbocycles. The van der Waals surface area contributed by atoms with Crippen LogP contribution in [0.4, 0.5) is 0 Å². The molecule has 0 unspecified atom stereocenters. The number of aliphatic hydroxyl groups is 1. The van der Waals surface area contributed by atoms with Crippen molar-refractivity contribution in [3.63, 3.8) is 0 Å². The number of hydrogen-bond donors (Lipinski definition) is 1. The van der Waals surface area contributed by atoms with E-state index in [0.717, 1.165) is 33.2 Å². The number of aromatic nitrogens is 1. The van der Waals surface area contributed by atoms with Gasteiger partial charge in [0.25, 0.3) is 0 Å². The number of furan rings is 1. The molecule has 3 heterocycles. The minimum Gasteiger partial charge on any atom is -0.512 e. The van der Waals surface area contributed by atoms with E-state index < -0.39 is 0 Å². The Morgan fingerprint density at radius 1 is 1.00 bits per heavy atom. The maximum Gasteiger partial charge on any atom is 0.155 e. The van der Waals surface area contributed by atoms with Gasteiger partial charge in [0.2, 0.25) is 0 Å². The van der Waals surface area contributed by atoms with Gasteiger partial charge in [-0.25, -0.2) is 0 Å². The molecule has 3 aromatic heterocycles. The molecule has 6 aromatic rings. The van der Waals surface area contributed by atoms with Crippen LogP contribution < -0.4 is 0 Å². The number of aryl methyl sites for hydroxylation is 2. The number of hydrogen-bond acceptors (Lipinski definition) is 5. The van der Waals surface area contributed by atoms with Crippen molar-refractivity contribution >= 4 is 49.1 Å². The molecule has 0 atom stereocenters. The first-order chi connectivity index (χ1) is 17.8. The summed E-state index contributed by atoms with van der Waals surface area (Å²) in [7, 11) is 0. The van der Waals surface area contributed by atoms with Crippen LogP contribution in [0.5, 0.6) is 0 Å². The third kappa shape index (κ3) is 5.78. The van der Waals surface area contributed by atoms with Gasteiger partial charge < -0.3 is 14.5 Å². The Labute approximate surface area is 239 Å². The van der Waals surface area contributed by atoms with Gasteiger partial charge in [0.05, 0.1) is 16.0 Å². The van der Waals surface area contributed by atoms with Crippen LogP contribution in [0.15, 0.2) is 89.2 Å². The summed E-state index contributed by atoms with van der Waals surface area (Å²) in [5.41, 5.74) is 7.36. The molecule has 6 rings (SSSR count). The number of pyridine rings is 1. The minimum atomic E-state index is -0.125. The number of carbonyl (C=O) groups is 1. The van der Waals surface area contributed by atoms with Gasteiger partial charge in [-0.1, -0.05) is 64.5 Å². The number of fused-ring (bicyclic) bond motifs is 4. The molecule has 0 aliphatic heterocycles. The van der Waals surface area contributed by atoms with Crippen molar-refractivity contribution in [2.24, 2.45) is 0 Å². The van der Waals surface area contributed by atoms with E-state index in [2.05, 4.69) is 62.4 Å². The molecule has 0 saturated carbocycles. The Kier molecular flexibility index (Phi) is 8.27. The van der Waals surface area contributed by atoms with Gasteiger partial charge in [-0.15, -0.1) is 29.5 Å². The molecule has 4 nitrogen and oxygen atoms in total. The molecule has 1 radical (unpaired) electrons. The zero-order valence-electron chi connectivity index (χ0n) is 21.5. The van der Waals surface area contributed by atoms with Crippen molar-refractivity contribution in [3.05, 3.63) is 102 Å². The van der Waals surface area contributed by atoms with Crippen LogP contribution in [0.2, 0.25) is 0 Å². The zero-order valence-corrected chi connectivity index (χ0v) is 24.7. The first kappa shape index (κ1) is 27.5. The Hall–Kier alpha value is -3.57. The number of allylic oxidation sites excluding steroid dienone is 2. The van der Waals surface area contributed by atoms with Crippen molar-refractivity contribution in [1.29, 1.82) is 0 Å². The van der Waals surface area contributed by atoms with Gasteiger partial charge in [0.15, 0.2) is 5.78 Å². The monoisotopic (exact) mass is 697 g/mol. The molecule has 6 heteroatoms. The molecule has 0 bridgehead atoms. The summed E-state index contributed by atoms with van der Waals surface area (Å²) in [5, 5.41) is 11.8. The van der Waals surface area contributed by atoms with E-state index in [1.54, 1.807) is 11.3 Å². The van der Waals surface area contributed by atoms with Crippen LogP contribution in [0.25, 0.3) is 53.7 Å². The van der Waals surface area contributed by atoms with Gasteiger partial charge in [-0.3, -0.25) is 4.79 Å². The molecule has 38 heavy (non-hydrogen) atoms. The Balaban J connectivity index is 0.000000375.